The van der Waals surface area contributed by atoms with E-state index in [1.165, 1.54) is 11.4 Å². The highest BCUT2D eigenvalue weighted by Crippen LogP contribution is 2.30. The van der Waals surface area contributed by atoms with Gasteiger partial charge in [-0.15, -0.1) is 0 Å². The fourth-order valence-corrected chi connectivity index (χ4v) is 1.47. The fraction of sp³-hybridized carbons (Fsp3) is 0.417. The summed E-state index contributed by atoms with van der Waals surface area (Å²) in [6.07, 6.45) is -10.7. The van der Waals surface area contributed by atoms with Crippen LogP contribution in [0.4, 0.5) is 31.1 Å². The lowest BCUT2D eigenvalue weighted by Crippen LogP contribution is -2.42. The number of aliphatic hydroxyl groups is 1. The molecule has 10 heteroatoms. The number of hydrogen-bond acceptors (Lipinski definition) is 2. The molecular weight excluding hydrogens is 318 g/mol. The van der Waals surface area contributed by atoms with Crippen molar-refractivity contribution in [3.05, 3.63) is 35.4 Å². The van der Waals surface area contributed by atoms with Crippen LogP contribution in [0.15, 0.2) is 24.3 Å². The quantitative estimate of drug-likeness (QED) is 0.743. The second-order valence-corrected chi connectivity index (χ2v) is 4.32. The van der Waals surface area contributed by atoms with Gasteiger partial charge in [0.1, 0.15) is 6.54 Å². The summed E-state index contributed by atoms with van der Waals surface area (Å²) in [5.74, 6) is 0. The van der Waals surface area contributed by atoms with Crippen LogP contribution in [-0.2, 0) is 6.18 Å². The van der Waals surface area contributed by atoms with Crippen molar-refractivity contribution in [1.29, 1.82) is 0 Å². The highest BCUT2D eigenvalue weighted by Gasteiger charge is 2.31. The molecule has 0 fully saturated rings. The Bertz CT molecular complexity index is 515. The molecule has 1 unspecified atom stereocenters. The van der Waals surface area contributed by atoms with Gasteiger partial charge in [0.15, 0.2) is 0 Å². The monoisotopic (exact) mass is 330 g/mol. The predicted octanol–water partition coefficient (Wildman–Crippen LogP) is 2.60. The molecule has 0 radical (unpaired) electrons. The Morgan fingerprint density at radius 1 is 1.14 bits per heavy atom. The zero-order valence-electron chi connectivity index (χ0n) is 10.9. The van der Waals surface area contributed by atoms with Gasteiger partial charge >= 0.3 is 18.4 Å². The minimum absolute atomic E-state index is 0.119. The van der Waals surface area contributed by atoms with Gasteiger partial charge in [-0.05, 0) is 17.7 Å². The Kier molecular flexibility index (Phi) is 5.64. The molecule has 0 aliphatic rings. The van der Waals surface area contributed by atoms with Crippen LogP contribution in [0.5, 0.6) is 0 Å². The smallest absolute Gasteiger partial charge is 0.387 e. The van der Waals surface area contributed by atoms with Crippen LogP contribution in [-0.4, -0.2) is 30.4 Å². The summed E-state index contributed by atoms with van der Waals surface area (Å²) in [6.45, 7) is -2.09. The molecule has 0 saturated carbocycles. The number of hydrogen-bond donors (Lipinski definition) is 3. The third-order valence-corrected chi connectivity index (χ3v) is 2.50. The molecular formula is C12H12F6N2O2. The number of amides is 2. The molecule has 0 aliphatic heterocycles. The molecule has 0 heterocycles. The van der Waals surface area contributed by atoms with Gasteiger partial charge in [-0.1, -0.05) is 12.1 Å². The first-order chi connectivity index (χ1) is 9.99. The van der Waals surface area contributed by atoms with Gasteiger partial charge in [0, 0.05) is 6.54 Å². The van der Waals surface area contributed by atoms with Crippen LogP contribution in [0.25, 0.3) is 0 Å². The summed E-state index contributed by atoms with van der Waals surface area (Å²) in [6, 6.07) is 2.59. The second kappa shape index (κ2) is 6.86. The van der Waals surface area contributed by atoms with Crippen molar-refractivity contribution >= 4 is 6.03 Å². The van der Waals surface area contributed by atoms with Crippen molar-refractivity contribution < 1.29 is 36.2 Å². The molecule has 124 valence electrons. The number of aliphatic hydroxyl groups excluding tert-OH is 1. The van der Waals surface area contributed by atoms with E-state index < -0.39 is 43.1 Å². The summed E-state index contributed by atoms with van der Waals surface area (Å²) in [4.78, 5) is 11.0. The topological polar surface area (TPSA) is 61.4 Å². The normalized spacial score (nSPS) is 13.6. The van der Waals surface area contributed by atoms with Crippen LogP contribution >= 0.6 is 0 Å². The van der Waals surface area contributed by atoms with E-state index >= 15 is 0 Å². The number of carbonyl (C=O) groups is 1. The highest BCUT2D eigenvalue weighted by molar-refractivity contribution is 5.73. The zero-order valence-corrected chi connectivity index (χ0v) is 10.9. The number of carbonyl (C=O) groups excluding carboxylic acids is 1. The Morgan fingerprint density at radius 2 is 1.77 bits per heavy atom. The molecule has 4 nitrogen and oxygen atoms in total. The summed E-state index contributed by atoms with van der Waals surface area (Å²) in [5.41, 5.74) is -1.10. The average Bonchev–Trinajstić information content (AvgIpc) is 2.41. The number of halogens is 6. The maximum absolute atomic E-state index is 12.5. The molecule has 1 rings (SSSR count). The van der Waals surface area contributed by atoms with Gasteiger partial charge in [0.25, 0.3) is 0 Å². The van der Waals surface area contributed by atoms with E-state index in [9.17, 15) is 36.2 Å². The van der Waals surface area contributed by atoms with Crippen molar-refractivity contribution in [3.63, 3.8) is 0 Å². The highest BCUT2D eigenvalue weighted by atomic mass is 19.4. The molecule has 0 saturated heterocycles. The van der Waals surface area contributed by atoms with Crippen molar-refractivity contribution in [2.75, 3.05) is 13.1 Å². The van der Waals surface area contributed by atoms with E-state index in [-0.39, 0.29) is 5.56 Å². The Morgan fingerprint density at radius 3 is 2.32 bits per heavy atom. The first kappa shape index (κ1) is 18.1. The summed E-state index contributed by atoms with van der Waals surface area (Å²) in [7, 11) is 0. The maximum Gasteiger partial charge on any atom is 0.416 e. The standard InChI is InChI=1S/C12H12F6N2O2/c13-11(14,15)6-20-10(22)19-5-9(21)7-2-1-3-8(4-7)12(16,17)18/h1-4,9,21H,5-6H2,(H2,19,20,22). The Hall–Kier alpha value is -1.97. The lowest BCUT2D eigenvalue weighted by molar-refractivity contribution is -0.137. The van der Waals surface area contributed by atoms with Gasteiger partial charge in [-0.3, -0.25) is 0 Å². The number of rotatable bonds is 4. The molecule has 1 aromatic carbocycles. The van der Waals surface area contributed by atoms with Crippen molar-refractivity contribution in [3.8, 4) is 0 Å². The minimum atomic E-state index is -4.59. The van der Waals surface area contributed by atoms with Gasteiger partial charge < -0.3 is 15.7 Å². The maximum atomic E-state index is 12.5. The summed E-state index contributed by atoms with van der Waals surface area (Å²) >= 11 is 0. The third kappa shape index (κ3) is 6.20. The van der Waals surface area contributed by atoms with Crippen molar-refractivity contribution in [2.24, 2.45) is 0 Å². The number of alkyl halides is 6. The zero-order chi connectivity index (χ0) is 17.0. The molecule has 22 heavy (non-hydrogen) atoms. The number of nitrogens with one attached hydrogen (secondary N) is 2. The second-order valence-electron chi connectivity index (χ2n) is 4.32. The molecule has 3 N–H and O–H groups in total. The van der Waals surface area contributed by atoms with Crippen molar-refractivity contribution in [2.45, 2.75) is 18.5 Å². The molecule has 0 spiro atoms. The van der Waals surface area contributed by atoms with E-state index in [4.69, 9.17) is 0 Å². The van der Waals surface area contributed by atoms with E-state index in [1.54, 1.807) is 0 Å². The molecule has 0 bridgehead atoms. The third-order valence-electron chi connectivity index (χ3n) is 2.50. The van der Waals surface area contributed by atoms with Crippen LogP contribution in [0, 0.1) is 0 Å². The lowest BCUT2D eigenvalue weighted by Gasteiger charge is -2.15. The molecule has 0 aromatic heterocycles. The van der Waals surface area contributed by atoms with Crippen LogP contribution < -0.4 is 10.6 Å². The number of urea groups is 1. The van der Waals surface area contributed by atoms with Gasteiger partial charge in [-0.2, -0.15) is 26.3 Å². The van der Waals surface area contributed by atoms with Gasteiger partial charge in [0.2, 0.25) is 0 Å². The molecule has 0 aliphatic carbocycles. The number of benzene rings is 1. The minimum Gasteiger partial charge on any atom is -0.387 e. The first-order valence-electron chi connectivity index (χ1n) is 5.93. The SMILES string of the molecule is O=C(NCC(O)c1cccc(C(F)(F)F)c1)NCC(F)(F)F. The molecule has 1 aromatic rings. The van der Waals surface area contributed by atoms with Gasteiger partial charge in [-0.25, -0.2) is 4.79 Å². The Balaban J connectivity index is 2.56. The lowest BCUT2D eigenvalue weighted by atomic mass is 10.1. The summed E-state index contributed by atoms with van der Waals surface area (Å²) < 4.78 is 73.0. The van der Waals surface area contributed by atoms with Crippen LogP contribution in [0.1, 0.15) is 17.2 Å². The summed E-state index contributed by atoms with van der Waals surface area (Å²) in [5, 5.41) is 13.1. The molecule has 2 amide bonds. The van der Waals surface area contributed by atoms with Crippen LogP contribution in [0.2, 0.25) is 0 Å². The van der Waals surface area contributed by atoms with E-state index in [2.05, 4.69) is 0 Å². The van der Waals surface area contributed by atoms with Crippen molar-refractivity contribution in [1.82, 2.24) is 10.6 Å². The fourth-order valence-electron chi connectivity index (χ4n) is 1.47. The predicted molar refractivity (Wildman–Crippen MR) is 63.9 cm³/mol. The van der Waals surface area contributed by atoms with Gasteiger partial charge in [0.05, 0.1) is 11.7 Å². The van der Waals surface area contributed by atoms with E-state index in [1.807, 2.05) is 5.32 Å². The van der Waals surface area contributed by atoms with Crippen LogP contribution in [0.3, 0.4) is 0 Å². The van der Waals surface area contributed by atoms with E-state index in [0.717, 1.165) is 12.1 Å². The largest absolute Gasteiger partial charge is 0.416 e. The molecule has 1 atom stereocenters. The average molecular weight is 330 g/mol. The Labute approximate surface area is 121 Å². The first-order valence-corrected chi connectivity index (χ1v) is 5.93. The van der Waals surface area contributed by atoms with E-state index in [0.29, 0.717) is 6.07 Å².